The minimum absolute atomic E-state index is 0.0143. The summed E-state index contributed by atoms with van der Waals surface area (Å²) in [6.45, 7) is 5.90. The number of anilines is 1. The van der Waals surface area contributed by atoms with Gasteiger partial charge >= 0.3 is 6.03 Å². The van der Waals surface area contributed by atoms with Crippen LogP contribution < -0.4 is 14.4 Å². The Morgan fingerprint density at radius 2 is 1.87 bits per heavy atom. The SMILES string of the molecule is CCOc1ncccc1C1(NC(=O)N2CC3(C2)CN(C2COC2)C3)C(=O)N(S(=O)(=O)c2ccc(F)cc2)c2ccc(C#N)cc21. The second-order valence-corrected chi connectivity index (χ2v) is 13.6. The zero-order valence-electron chi connectivity index (χ0n) is 24.3. The van der Waals surface area contributed by atoms with Crippen molar-refractivity contribution in [2.24, 2.45) is 5.41 Å². The molecule has 4 aliphatic heterocycles. The van der Waals surface area contributed by atoms with Crippen LogP contribution in [0.25, 0.3) is 0 Å². The van der Waals surface area contributed by atoms with Crippen LogP contribution in [0, 0.1) is 22.6 Å². The molecule has 0 saturated carbocycles. The predicted molar refractivity (Wildman–Crippen MR) is 157 cm³/mol. The van der Waals surface area contributed by atoms with E-state index in [4.69, 9.17) is 9.47 Å². The highest BCUT2D eigenvalue weighted by Crippen LogP contribution is 2.50. The summed E-state index contributed by atoms with van der Waals surface area (Å²) in [6.07, 6.45) is 1.46. The van der Waals surface area contributed by atoms with Crippen LogP contribution in [0.2, 0.25) is 0 Å². The average molecular weight is 633 g/mol. The third kappa shape index (κ3) is 4.45. The van der Waals surface area contributed by atoms with Gasteiger partial charge in [-0.05, 0) is 61.5 Å². The number of carbonyl (C=O) groups is 2. The molecule has 3 aromatic rings. The van der Waals surface area contributed by atoms with Crippen molar-refractivity contribution in [1.29, 1.82) is 5.26 Å². The van der Waals surface area contributed by atoms with Gasteiger partial charge in [0.1, 0.15) is 5.82 Å². The summed E-state index contributed by atoms with van der Waals surface area (Å²) < 4.78 is 53.6. The number of nitriles is 1. The Labute approximate surface area is 259 Å². The predicted octanol–water partition coefficient (Wildman–Crippen LogP) is 2.20. The zero-order valence-corrected chi connectivity index (χ0v) is 25.1. The quantitative estimate of drug-likeness (QED) is 0.414. The number of aromatic nitrogens is 1. The molecule has 0 radical (unpaired) electrons. The largest absolute Gasteiger partial charge is 0.478 e. The minimum atomic E-state index is -4.62. The molecule has 12 nitrogen and oxygen atoms in total. The Kier molecular flexibility index (Phi) is 6.81. The number of likely N-dealkylation sites (tertiary alicyclic amines) is 2. The van der Waals surface area contributed by atoms with Crippen molar-refractivity contribution in [2.45, 2.75) is 23.4 Å². The monoisotopic (exact) mass is 632 g/mol. The van der Waals surface area contributed by atoms with E-state index in [0.717, 1.165) is 37.4 Å². The molecular formula is C31H29FN6O6S. The second kappa shape index (κ2) is 10.5. The summed E-state index contributed by atoms with van der Waals surface area (Å²) in [7, 11) is -4.62. The summed E-state index contributed by atoms with van der Waals surface area (Å²) in [5.41, 5.74) is -1.94. The molecule has 1 N–H and O–H groups in total. The van der Waals surface area contributed by atoms with Crippen LogP contribution in [0.15, 0.2) is 65.7 Å². The number of urea groups is 1. The van der Waals surface area contributed by atoms with Crippen LogP contribution >= 0.6 is 0 Å². The van der Waals surface area contributed by atoms with Crippen molar-refractivity contribution in [2.75, 3.05) is 50.3 Å². The second-order valence-electron chi connectivity index (χ2n) is 11.8. The number of hydrogen-bond donors (Lipinski definition) is 1. The van der Waals surface area contributed by atoms with Crippen molar-refractivity contribution in [1.82, 2.24) is 20.1 Å². The van der Waals surface area contributed by atoms with Crippen molar-refractivity contribution in [3.63, 3.8) is 0 Å². The maximum absolute atomic E-state index is 14.8. The third-order valence-corrected chi connectivity index (χ3v) is 10.6. The summed E-state index contributed by atoms with van der Waals surface area (Å²) >= 11 is 0. The highest BCUT2D eigenvalue weighted by atomic mass is 32.2. The van der Waals surface area contributed by atoms with Crippen LogP contribution in [0.4, 0.5) is 14.9 Å². The van der Waals surface area contributed by atoms with Gasteiger partial charge in [0.25, 0.3) is 15.9 Å². The van der Waals surface area contributed by atoms with Crippen LogP contribution in [0.3, 0.4) is 0 Å². The van der Waals surface area contributed by atoms with Gasteiger partial charge in [0.05, 0.1) is 53.6 Å². The van der Waals surface area contributed by atoms with E-state index >= 15 is 0 Å². The molecule has 1 aromatic heterocycles. The summed E-state index contributed by atoms with van der Waals surface area (Å²) in [5.74, 6) is -1.66. The molecule has 2 aromatic carbocycles. The van der Waals surface area contributed by atoms with Gasteiger partial charge in [0.15, 0.2) is 5.54 Å². The Morgan fingerprint density at radius 1 is 1.13 bits per heavy atom. The molecule has 14 heteroatoms. The molecule has 0 bridgehead atoms. The molecule has 45 heavy (non-hydrogen) atoms. The number of benzene rings is 2. The van der Waals surface area contributed by atoms with Crippen molar-refractivity contribution < 1.29 is 31.9 Å². The minimum Gasteiger partial charge on any atom is -0.478 e. The number of fused-ring (bicyclic) bond motifs is 1. The summed E-state index contributed by atoms with van der Waals surface area (Å²) in [6, 6.07) is 13.2. The summed E-state index contributed by atoms with van der Waals surface area (Å²) in [5, 5.41) is 12.7. The first-order chi connectivity index (χ1) is 21.6. The topological polar surface area (TPSA) is 145 Å². The van der Waals surface area contributed by atoms with Crippen LogP contribution in [-0.2, 0) is 25.1 Å². The van der Waals surface area contributed by atoms with E-state index in [1.165, 1.54) is 30.5 Å². The number of sulfonamides is 1. The molecule has 3 saturated heterocycles. The molecule has 0 aliphatic carbocycles. The standard InChI is InChI=1S/C31H29FN6O6S/c1-2-44-27-24(4-3-11-34-27)31(35-29(40)37-18-30(19-37)16-36(17-30)22-14-43-15-22)25-12-20(13-33)5-10-26(25)38(28(31)39)45(41,42)23-8-6-21(32)7-9-23/h3-12,22H,2,14-19H2,1H3,(H,35,40). The highest BCUT2D eigenvalue weighted by molar-refractivity contribution is 7.93. The fourth-order valence-electron chi connectivity index (χ4n) is 6.64. The van der Waals surface area contributed by atoms with Crippen molar-refractivity contribution in [3.8, 4) is 11.9 Å². The van der Waals surface area contributed by atoms with Gasteiger partial charge in [-0.25, -0.2) is 22.6 Å². The van der Waals surface area contributed by atoms with E-state index in [2.05, 4.69) is 15.2 Å². The number of amides is 3. The van der Waals surface area contributed by atoms with Gasteiger partial charge in [-0.2, -0.15) is 9.57 Å². The average Bonchev–Trinajstić information content (AvgIpc) is 3.20. The third-order valence-electron chi connectivity index (χ3n) is 8.91. The molecule has 232 valence electrons. The number of nitrogens with one attached hydrogen (secondary N) is 1. The molecule has 1 atom stereocenters. The van der Waals surface area contributed by atoms with E-state index in [1.807, 2.05) is 6.07 Å². The Bertz CT molecular complexity index is 1850. The van der Waals surface area contributed by atoms with E-state index in [0.29, 0.717) is 36.7 Å². The van der Waals surface area contributed by atoms with E-state index in [1.54, 1.807) is 17.9 Å². The van der Waals surface area contributed by atoms with Crippen LogP contribution in [-0.4, -0.2) is 87.2 Å². The lowest BCUT2D eigenvalue weighted by Crippen LogP contribution is -2.77. The fraction of sp³-hybridized carbons (Fsp3) is 0.355. The number of rotatable bonds is 7. The van der Waals surface area contributed by atoms with E-state index in [9.17, 15) is 27.7 Å². The van der Waals surface area contributed by atoms with Crippen LogP contribution in [0.5, 0.6) is 5.88 Å². The van der Waals surface area contributed by atoms with Gasteiger partial charge in [-0.15, -0.1) is 0 Å². The van der Waals surface area contributed by atoms with Gasteiger partial charge in [0, 0.05) is 43.4 Å². The first-order valence-electron chi connectivity index (χ1n) is 14.5. The molecule has 3 fully saturated rings. The van der Waals surface area contributed by atoms with Gasteiger partial charge in [0.2, 0.25) is 5.88 Å². The Morgan fingerprint density at radius 3 is 2.51 bits per heavy atom. The number of carbonyl (C=O) groups excluding carboxylic acids is 2. The lowest BCUT2D eigenvalue weighted by Gasteiger charge is -2.62. The smallest absolute Gasteiger partial charge is 0.318 e. The molecule has 1 spiro atoms. The first-order valence-corrected chi connectivity index (χ1v) is 15.9. The maximum Gasteiger partial charge on any atom is 0.318 e. The normalized spacial score (nSPS) is 22.2. The Hall–Kier alpha value is -4.58. The lowest BCUT2D eigenvalue weighted by molar-refractivity contribution is -0.165. The van der Waals surface area contributed by atoms with E-state index in [-0.39, 0.29) is 45.2 Å². The number of hydrogen-bond acceptors (Lipinski definition) is 9. The molecule has 4 aliphatic rings. The Balaban J connectivity index is 1.32. The molecule has 5 heterocycles. The molecule has 3 amide bonds. The molecule has 1 unspecified atom stereocenters. The maximum atomic E-state index is 14.8. The van der Waals surface area contributed by atoms with Crippen molar-refractivity contribution in [3.05, 3.63) is 83.3 Å². The fourth-order valence-corrected chi connectivity index (χ4v) is 8.11. The lowest BCUT2D eigenvalue weighted by atomic mass is 9.72. The molecule has 7 rings (SSSR count). The van der Waals surface area contributed by atoms with E-state index < -0.39 is 33.3 Å². The number of ether oxygens (including phenoxy) is 2. The number of nitrogens with zero attached hydrogens (tertiary/aromatic N) is 5. The first kappa shape index (κ1) is 29.1. The molecular weight excluding hydrogens is 603 g/mol. The highest BCUT2D eigenvalue weighted by Gasteiger charge is 2.61. The van der Waals surface area contributed by atoms with Gasteiger partial charge < -0.3 is 19.7 Å². The summed E-state index contributed by atoms with van der Waals surface area (Å²) in [4.78, 5) is 36.7. The number of halogens is 1. The van der Waals surface area contributed by atoms with Crippen molar-refractivity contribution >= 4 is 27.6 Å². The van der Waals surface area contributed by atoms with Gasteiger partial charge in [-0.3, -0.25) is 9.69 Å². The van der Waals surface area contributed by atoms with Gasteiger partial charge in [-0.1, -0.05) is 0 Å². The number of pyridine rings is 1. The zero-order chi connectivity index (χ0) is 31.6. The van der Waals surface area contributed by atoms with Crippen LogP contribution in [0.1, 0.15) is 23.6 Å².